The summed E-state index contributed by atoms with van der Waals surface area (Å²) >= 11 is 0. The van der Waals surface area contributed by atoms with Crippen molar-refractivity contribution < 1.29 is 4.79 Å². The predicted molar refractivity (Wildman–Crippen MR) is 95.0 cm³/mol. The fraction of sp³-hybridized carbons (Fsp3) is 0.647. The highest BCUT2D eigenvalue weighted by Gasteiger charge is 2.21. The van der Waals surface area contributed by atoms with Crippen LogP contribution in [-0.2, 0) is 11.3 Å². The first-order valence-corrected chi connectivity index (χ1v) is 8.54. The lowest BCUT2D eigenvalue weighted by Gasteiger charge is -2.22. The number of carbonyl (C=O) groups is 1. The molecular weight excluding hydrogens is 312 g/mol. The van der Waals surface area contributed by atoms with Crippen molar-refractivity contribution in [3.63, 3.8) is 0 Å². The van der Waals surface area contributed by atoms with Gasteiger partial charge in [-0.1, -0.05) is 12.8 Å². The average molecular weight is 339 g/mol. The quantitative estimate of drug-likeness (QED) is 0.884. The van der Waals surface area contributed by atoms with Crippen molar-refractivity contribution in [1.82, 2.24) is 15.6 Å². The van der Waals surface area contributed by atoms with Gasteiger partial charge in [-0.25, -0.2) is 4.98 Å². The largest absolute Gasteiger partial charge is 0.357 e. The van der Waals surface area contributed by atoms with Crippen molar-refractivity contribution in [2.24, 2.45) is 0 Å². The Morgan fingerprint density at radius 1 is 1.26 bits per heavy atom. The van der Waals surface area contributed by atoms with E-state index in [-0.39, 0.29) is 24.4 Å². The maximum atomic E-state index is 12.1. The summed E-state index contributed by atoms with van der Waals surface area (Å²) in [5.41, 5.74) is 1.13. The van der Waals surface area contributed by atoms with Crippen molar-refractivity contribution in [2.45, 2.75) is 51.1 Å². The number of hydrogen-bond donors (Lipinski definition) is 2. The van der Waals surface area contributed by atoms with Crippen LogP contribution in [0.25, 0.3) is 0 Å². The Bertz CT molecular complexity index is 497. The van der Waals surface area contributed by atoms with E-state index >= 15 is 0 Å². The number of halogens is 1. The summed E-state index contributed by atoms with van der Waals surface area (Å²) in [6.45, 7) is 3.72. The number of nitrogens with one attached hydrogen (secondary N) is 2. The highest BCUT2D eigenvalue weighted by molar-refractivity contribution is 5.85. The topological polar surface area (TPSA) is 57.3 Å². The monoisotopic (exact) mass is 338 g/mol. The number of hydrogen-bond acceptors (Lipinski definition) is 4. The van der Waals surface area contributed by atoms with Crippen LogP contribution in [0.5, 0.6) is 0 Å². The molecule has 1 amide bonds. The zero-order chi connectivity index (χ0) is 15.2. The number of aromatic nitrogens is 1. The number of pyridine rings is 1. The molecule has 128 valence electrons. The molecule has 2 saturated heterocycles. The molecule has 5 nitrogen and oxygen atoms in total. The average Bonchev–Trinajstić information content (AvgIpc) is 2.95. The Morgan fingerprint density at radius 3 is 2.74 bits per heavy atom. The maximum Gasteiger partial charge on any atom is 0.237 e. The van der Waals surface area contributed by atoms with Gasteiger partial charge in [0.1, 0.15) is 5.82 Å². The number of nitrogens with zero attached hydrogens (tertiary/aromatic N) is 2. The minimum Gasteiger partial charge on any atom is -0.357 e. The van der Waals surface area contributed by atoms with Crippen LogP contribution in [0.4, 0.5) is 5.82 Å². The standard InChI is InChI=1S/C17H26N4O.ClH/c22-17(15-6-5-8-18-15)20-13-14-7-9-19-16(12-14)21-10-3-1-2-4-11-21;/h7,9,12,15,18H,1-6,8,10-11,13H2,(H,20,22);1H. The Hall–Kier alpha value is -1.33. The molecule has 2 N–H and O–H groups in total. The van der Waals surface area contributed by atoms with E-state index in [1.54, 1.807) is 0 Å². The molecule has 1 aromatic rings. The molecule has 0 saturated carbocycles. The molecule has 23 heavy (non-hydrogen) atoms. The third kappa shape index (κ3) is 5.08. The van der Waals surface area contributed by atoms with E-state index in [9.17, 15) is 4.79 Å². The summed E-state index contributed by atoms with van der Waals surface area (Å²) in [5, 5.41) is 6.27. The highest BCUT2D eigenvalue weighted by atomic mass is 35.5. The Balaban J connectivity index is 0.00000192. The summed E-state index contributed by atoms with van der Waals surface area (Å²) in [6, 6.07) is 4.10. The third-order valence-corrected chi connectivity index (χ3v) is 4.58. The lowest BCUT2D eigenvalue weighted by Crippen LogP contribution is -2.40. The zero-order valence-corrected chi connectivity index (χ0v) is 14.4. The van der Waals surface area contributed by atoms with Gasteiger partial charge in [-0.2, -0.15) is 0 Å². The van der Waals surface area contributed by atoms with E-state index in [2.05, 4.69) is 26.6 Å². The number of carbonyl (C=O) groups excluding carboxylic acids is 1. The summed E-state index contributed by atoms with van der Waals surface area (Å²) < 4.78 is 0. The van der Waals surface area contributed by atoms with Crippen LogP contribution in [0.2, 0.25) is 0 Å². The van der Waals surface area contributed by atoms with Gasteiger partial charge in [0.25, 0.3) is 0 Å². The lowest BCUT2D eigenvalue weighted by atomic mass is 10.2. The van der Waals surface area contributed by atoms with Gasteiger partial charge in [0.05, 0.1) is 6.04 Å². The minimum atomic E-state index is -0.00749. The van der Waals surface area contributed by atoms with Crippen LogP contribution in [0.1, 0.15) is 44.1 Å². The molecule has 3 heterocycles. The van der Waals surface area contributed by atoms with Crippen molar-refractivity contribution >= 4 is 24.1 Å². The fourth-order valence-electron chi connectivity index (χ4n) is 3.26. The molecule has 2 aliphatic rings. The van der Waals surface area contributed by atoms with E-state index in [1.165, 1.54) is 25.7 Å². The van der Waals surface area contributed by atoms with Gasteiger partial charge in [0, 0.05) is 25.8 Å². The van der Waals surface area contributed by atoms with Gasteiger partial charge in [-0.15, -0.1) is 12.4 Å². The molecule has 0 spiro atoms. The normalized spacial score (nSPS) is 21.4. The van der Waals surface area contributed by atoms with Crippen molar-refractivity contribution in [1.29, 1.82) is 0 Å². The van der Waals surface area contributed by atoms with Crippen LogP contribution in [0, 0.1) is 0 Å². The second kappa shape index (κ2) is 9.08. The van der Waals surface area contributed by atoms with Gasteiger partial charge < -0.3 is 15.5 Å². The summed E-state index contributed by atoms with van der Waals surface area (Å²) in [4.78, 5) is 18.9. The van der Waals surface area contributed by atoms with Crippen molar-refractivity contribution in [2.75, 3.05) is 24.5 Å². The summed E-state index contributed by atoms with van der Waals surface area (Å²) in [7, 11) is 0. The molecule has 6 heteroatoms. The smallest absolute Gasteiger partial charge is 0.237 e. The van der Waals surface area contributed by atoms with Crippen LogP contribution in [-0.4, -0.2) is 36.6 Å². The van der Waals surface area contributed by atoms with Gasteiger partial charge in [-0.05, 0) is 49.9 Å². The van der Waals surface area contributed by atoms with Crippen molar-refractivity contribution in [3.05, 3.63) is 23.9 Å². The van der Waals surface area contributed by atoms with Gasteiger partial charge in [0.15, 0.2) is 0 Å². The molecular formula is C17H27ClN4O. The SMILES string of the molecule is Cl.O=C(NCc1ccnc(N2CCCCCC2)c1)C1CCCN1. The Kier molecular flexibility index (Phi) is 7.12. The van der Waals surface area contributed by atoms with E-state index in [0.29, 0.717) is 6.54 Å². The maximum absolute atomic E-state index is 12.1. The van der Waals surface area contributed by atoms with Crippen LogP contribution >= 0.6 is 12.4 Å². The highest BCUT2D eigenvalue weighted by Crippen LogP contribution is 2.18. The van der Waals surface area contributed by atoms with Crippen LogP contribution < -0.4 is 15.5 Å². The number of anilines is 1. The second-order valence-corrected chi connectivity index (χ2v) is 6.29. The second-order valence-electron chi connectivity index (χ2n) is 6.29. The lowest BCUT2D eigenvalue weighted by molar-refractivity contribution is -0.122. The van der Waals surface area contributed by atoms with Crippen LogP contribution in [0.3, 0.4) is 0 Å². The molecule has 2 aliphatic heterocycles. The molecule has 1 aromatic heterocycles. The molecule has 0 radical (unpaired) electrons. The number of rotatable bonds is 4. The zero-order valence-electron chi connectivity index (χ0n) is 13.6. The Labute approximate surface area is 144 Å². The van der Waals surface area contributed by atoms with Gasteiger partial charge >= 0.3 is 0 Å². The minimum absolute atomic E-state index is 0. The first-order chi connectivity index (χ1) is 10.8. The van der Waals surface area contributed by atoms with Crippen LogP contribution in [0.15, 0.2) is 18.3 Å². The molecule has 1 atom stereocenters. The molecule has 0 bridgehead atoms. The predicted octanol–water partition coefficient (Wildman–Crippen LogP) is 2.25. The molecule has 3 rings (SSSR count). The third-order valence-electron chi connectivity index (χ3n) is 4.58. The fourth-order valence-corrected chi connectivity index (χ4v) is 3.26. The Morgan fingerprint density at radius 2 is 2.04 bits per heavy atom. The van der Waals surface area contributed by atoms with E-state index < -0.39 is 0 Å². The van der Waals surface area contributed by atoms with E-state index in [4.69, 9.17) is 0 Å². The first-order valence-electron chi connectivity index (χ1n) is 8.54. The molecule has 2 fully saturated rings. The van der Waals surface area contributed by atoms with Crippen molar-refractivity contribution in [3.8, 4) is 0 Å². The summed E-state index contributed by atoms with van der Waals surface area (Å²) in [5.74, 6) is 1.17. The first kappa shape index (κ1) is 18.0. The van der Waals surface area contributed by atoms with E-state index in [0.717, 1.165) is 43.9 Å². The van der Waals surface area contributed by atoms with Gasteiger partial charge in [0.2, 0.25) is 5.91 Å². The van der Waals surface area contributed by atoms with E-state index in [1.807, 2.05) is 12.3 Å². The number of amides is 1. The molecule has 0 aliphatic carbocycles. The van der Waals surface area contributed by atoms with Gasteiger partial charge in [-0.3, -0.25) is 4.79 Å². The molecule has 0 aromatic carbocycles. The molecule has 1 unspecified atom stereocenters. The summed E-state index contributed by atoms with van der Waals surface area (Å²) in [6.07, 6.45) is 9.02.